The van der Waals surface area contributed by atoms with Crippen LogP contribution >= 0.6 is 0 Å². The van der Waals surface area contributed by atoms with Gasteiger partial charge < -0.3 is 5.73 Å². The van der Waals surface area contributed by atoms with Gasteiger partial charge in [-0.05, 0) is 0 Å². The molecule has 13 heavy (non-hydrogen) atoms. The zero-order valence-corrected chi connectivity index (χ0v) is 8.31. The number of nitrogens with zero attached hydrogens (tertiary/aromatic N) is 1. The standard InChI is InChI=1S/C9H16N4/c1-9(2,3)8-6(4-7(10)11)5-12-13-8/h5H,4H2,1-3H3,(H3,10,11)(H,12,13). The maximum atomic E-state index is 7.21. The molecule has 0 aliphatic heterocycles. The molecule has 0 saturated carbocycles. The highest BCUT2D eigenvalue weighted by Gasteiger charge is 2.19. The molecule has 0 unspecified atom stereocenters. The lowest BCUT2D eigenvalue weighted by Gasteiger charge is -2.18. The van der Waals surface area contributed by atoms with Gasteiger partial charge in [0.25, 0.3) is 0 Å². The van der Waals surface area contributed by atoms with Crippen LogP contribution in [0.4, 0.5) is 0 Å². The van der Waals surface area contributed by atoms with Gasteiger partial charge in [-0.15, -0.1) is 0 Å². The Bertz CT molecular complexity index is 306. The second-order valence-electron chi connectivity index (χ2n) is 4.22. The van der Waals surface area contributed by atoms with Crippen molar-refractivity contribution in [3.8, 4) is 0 Å². The first-order valence-electron chi connectivity index (χ1n) is 4.27. The fourth-order valence-electron chi connectivity index (χ4n) is 1.30. The SMILES string of the molecule is CC(C)(C)c1[nH]ncc1CC(=N)N. The molecule has 1 rings (SSSR count). The number of hydrogen-bond donors (Lipinski definition) is 3. The summed E-state index contributed by atoms with van der Waals surface area (Å²) in [5.74, 6) is 0.173. The summed E-state index contributed by atoms with van der Waals surface area (Å²) in [6.45, 7) is 6.30. The summed E-state index contributed by atoms with van der Waals surface area (Å²) < 4.78 is 0. The van der Waals surface area contributed by atoms with E-state index >= 15 is 0 Å². The van der Waals surface area contributed by atoms with Crippen LogP contribution in [0.1, 0.15) is 32.0 Å². The molecule has 0 fully saturated rings. The molecule has 1 heterocycles. The molecule has 0 atom stereocenters. The summed E-state index contributed by atoms with van der Waals surface area (Å²) in [4.78, 5) is 0. The second-order valence-corrected chi connectivity index (χ2v) is 4.22. The van der Waals surface area contributed by atoms with Gasteiger partial charge in [-0.3, -0.25) is 10.5 Å². The van der Waals surface area contributed by atoms with E-state index in [0.29, 0.717) is 6.42 Å². The molecule has 0 aliphatic carbocycles. The van der Waals surface area contributed by atoms with Gasteiger partial charge in [0.15, 0.2) is 0 Å². The lowest BCUT2D eigenvalue weighted by molar-refractivity contribution is 0.562. The van der Waals surface area contributed by atoms with Crippen molar-refractivity contribution in [3.05, 3.63) is 17.5 Å². The predicted octanol–water partition coefficient (Wildman–Crippen LogP) is 1.19. The lowest BCUT2D eigenvalue weighted by atomic mass is 9.89. The van der Waals surface area contributed by atoms with Crippen molar-refractivity contribution in [1.29, 1.82) is 5.41 Å². The van der Waals surface area contributed by atoms with Crippen LogP contribution in [-0.2, 0) is 11.8 Å². The van der Waals surface area contributed by atoms with Crippen LogP contribution in [0.25, 0.3) is 0 Å². The highest BCUT2D eigenvalue weighted by atomic mass is 15.1. The maximum absolute atomic E-state index is 7.21. The quantitative estimate of drug-likeness (QED) is 0.472. The molecular weight excluding hydrogens is 164 g/mol. The third-order valence-corrected chi connectivity index (χ3v) is 1.85. The number of aromatic nitrogens is 2. The molecule has 1 aromatic rings. The first-order valence-corrected chi connectivity index (χ1v) is 4.27. The molecule has 4 N–H and O–H groups in total. The van der Waals surface area contributed by atoms with Gasteiger partial charge in [0, 0.05) is 23.1 Å². The summed E-state index contributed by atoms with van der Waals surface area (Å²) >= 11 is 0. The Balaban J connectivity index is 2.96. The van der Waals surface area contributed by atoms with Gasteiger partial charge in [0.2, 0.25) is 0 Å². The Kier molecular flexibility index (Phi) is 2.40. The van der Waals surface area contributed by atoms with Crippen LogP contribution in [0.15, 0.2) is 6.20 Å². The zero-order valence-electron chi connectivity index (χ0n) is 8.31. The highest BCUT2D eigenvalue weighted by Crippen LogP contribution is 2.23. The fraction of sp³-hybridized carbons (Fsp3) is 0.556. The van der Waals surface area contributed by atoms with E-state index in [1.165, 1.54) is 0 Å². The van der Waals surface area contributed by atoms with Gasteiger partial charge in [0.05, 0.1) is 12.0 Å². The molecule has 0 amide bonds. The summed E-state index contributed by atoms with van der Waals surface area (Å²) in [5.41, 5.74) is 7.44. The van der Waals surface area contributed by atoms with E-state index in [1.807, 2.05) is 0 Å². The molecule has 0 aromatic carbocycles. The minimum absolute atomic E-state index is 0.0291. The van der Waals surface area contributed by atoms with E-state index in [-0.39, 0.29) is 11.3 Å². The van der Waals surface area contributed by atoms with Crippen LogP contribution in [-0.4, -0.2) is 16.0 Å². The molecule has 0 spiro atoms. The number of H-pyrrole nitrogens is 1. The van der Waals surface area contributed by atoms with E-state index in [2.05, 4.69) is 31.0 Å². The van der Waals surface area contributed by atoms with Crippen molar-refractivity contribution in [1.82, 2.24) is 10.2 Å². The highest BCUT2D eigenvalue weighted by molar-refractivity contribution is 5.79. The van der Waals surface area contributed by atoms with E-state index in [4.69, 9.17) is 11.1 Å². The summed E-state index contributed by atoms with van der Waals surface area (Å²) in [6.07, 6.45) is 2.21. The lowest BCUT2D eigenvalue weighted by Crippen LogP contribution is -2.18. The summed E-state index contributed by atoms with van der Waals surface area (Å²) in [7, 11) is 0. The van der Waals surface area contributed by atoms with Gasteiger partial charge in [-0.1, -0.05) is 20.8 Å². The van der Waals surface area contributed by atoms with Crippen molar-refractivity contribution in [2.24, 2.45) is 5.73 Å². The minimum atomic E-state index is 0.0291. The molecule has 0 radical (unpaired) electrons. The van der Waals surface area contributed by atoms with Gasteiger partial charge in [-0.2, -0.15) is 5.10 Å². The van der Waals surface area contributed by atoms with E-state index in [0.717, 1.165) is 11.3 Å². The Morgan fingerprint density at radius 1 is 1.62 bits per heavy atom. The van der Waals surface area contributed by atoms with Crippen molar-refractivity contribution in [2.75, 3.05) is 0 Å². The van der Waals surface area contributed by atoms with Crippen LogP contribution < -0.4 is 5.73 Å². The number of amidine groups is 1. The number of nitrogens with one attached hydrogen (secondary N) is 2. The van der Waals surface area contributed by atoms with Crippen LogP contribution in [0.2, 0.25) is 0 Å². The molecular formula is C9H16N4. The zero-order chi connectivity index (χ0) is 10.1. The van der Waals surface area contributed by atoms with E-state index in [9.17, 15) is 0 Å². The Hall–Kier alpha value is -1.32. The third kappa shape index (κ3) is 2.31. The van der Waals surface area contributed by atoms with Crippen molar-refractivity contribution < 1.29 is 0 Å². The Labute approximate surface area is 78.0 Å². The number of hydrogen-bond acceptors (Lipinski definition) is 2. The van der Waals surface area contributed by atoms with Crippen molar-refractivity contribution in [2.45, 2.75) is 32.6 Å². The monoisotopic (exact) mass is 180 g/mol. The molecule has 0 saturated heterocycles. The Morgan fingerprint density at radius 2 is 2.23 bits per heavy atom. The Morgan fingerprint density at radius 3 is 2.69 bits per heavy atom. The summed E-state index contributed by atoms with van der Waals surface area (Å²) in [6, 6.07) is 0. The van der Waals surface area contributed by atoms with Crippen molar-refractivity contribution >= 4 is 5.84 Å². The number of nitrogens with two attached hydrogens (primary N) is 1. The molecule has 72 valence electrons. The molecule has 4 heteroatoms. The average Bonchev–Trinajstić information content (AvgIpc) is 2.31. The van der Waals surface area contributed by atoms with Gasteiger partial charge in [-0.25, -0.2) is 0 Å². The first kappa shape index (κ1) is 9.77. The van der Waals surface area contributed by atoms with E-state index in [1.54, 1.807) is 6.20 Å². The molecule has 0 aliphatic rings. The van der Waals surface area contributed by atoms with Gasteiger partial charge in [0.1, 0.15) is 0 Å². The van der Waals surface area contributed by atoms with Crippen LogP contribution in [0.5, 0.6) is 0 Å². The van der Waals surface area contributed by atoms with Crippen LogP contribution in [0, 0.1) is 5.41 Å². The predicted molar refractivity (Wildman–Crippen MR) is 52.9 cm³/mol. The smallest absolute Gasteiger partial charge is 0.0951 e. The first-order chi connectivity index (χ1) is 5.91. The van der Waals surface area contributed by atoms with Crippen molar-refractivity contribution in [3.63, 3.8) is 0 Å². The fourth-order valence-corrected chi connectivity index (χ4v) is 1.30. The van der Waals surface area contributed by atoms with Gasteiger partial charge >= 0.3 is 0 Å². The largest absolute Gasteiger partial charge is 0.387 e. The maximum Gasteiger partial charge on any atom is 0.0951 e. The topological polar surface area (TPSA) is 78.5 Å². The molecule has 4 nitrogen and oxygen atoms in total. The normalized spacial score (nSPS) is 11.6. The average molecular weight is 180 g/mol. The number of aromatic amines is 1. The molecule has 0 bridgehead atoms. The number of rotatable bonds is 2. The summed E-state index contributed by atoms with van der Waals surface area (Å²) in [5, 5.41) is 14.1. The molecule has 1 aromatic heterocycles. The minimum Gasteiger partial charge on any atom is -0.387 e. The third-order valence-electron chi connectivity index (χ3n) is 1.85. The second kappa shape index (κ2) is 3.20. The van der Waals surface area contributed by atoms with E-state index < -0.39 is 0 Å². The van der Waals surface area contributed by atoms with Crippen LogP contribution in [0.3, 0.4) is 0 Å².